The van der Waals surface area contributed by atoms with Crippen molar-refractivity contribution in [1.82, 2.24) is 4.90 Å². The van der Waals surface area contributed by atoms with Crippen LogP contribution >= 0.6 is 0 Å². The summed E-state index contributed by atoms with van der Waals surface area (Å²) in [5.74, 6) is 2.31. The predicted molar refractivity (Wildman–Crippen MR) is 141 cm³/mol. The van der Waals surface area contributed by atoms with E-state index in [1.807, 2.05) is 12.1 Å². The van der Waals surface area contributed by atoms with E-state index in [-0.39, 0.29) is 17.6 Å². The number of phenolic OH excluding ortho intramolecular Hbond substituents is 1. The SMILES string of the molecule is Oc1ccc2c(c1)OC[C@H](c1ccccc1)[C@@H]2c1ccc(OCCCCCCN2CCCC2)cc1. The van der Waals surface area contributed by atoms with Crippen molar-refractivity contribution in [3.8, 4) is 17.2 Å². The molecule has 4 nitrogen and oxygen atoms in total. The van der Waals surface area contributed by atoms with E-state index in [0.29, 0.717) is 6.61 Å². The van der Waals surface area contributed by atoms with Crippen molar-refractivity contribution in [2.45, 2.75) is 50.4 Å². The first kappa shape index (κ1) is 23.7. The molecule has 3 aromatic rings. The van der Waals surface area contributed by atoms with Crippen LogP contribution in [0.15, 0.2) is 72.8 Å². The molecule has 2 aliphatic heterocycles. The third kappa shape index (κ3) is 5.99. The number of benzene rings is 3. The summed E-state index contributed by atoms with van der Waals surface area (Å²) in [5, 5.41) is 9.97. The van der Waals surface area contributed by atoms with Crippen molar-refractivity contribution in [2.75, 3.05) is 32.8 Å². The monoisotopic (exact) mass is 471 g/mol. The van der Waals surface area contributed by atoms with Gasteiger partial charge in [-0.2, -0.15) is 0 Å². The van der Waals surface area contributed by atoms with Gasteiger partial charge in [-0.05, 0) is 74.6 Å². The molecule has 0 radical (unpaired) electrons. The second-order valence-corrected chi connectivity index (χ2v) is 9.91. The molecule has 4 heteroatoms. The van der Waals surface area contributed by atoms with Gasteiger partial charge in [-0.15, -0.1) is 0 Å². The van der Waals surface area contributed by atoms with Gasteiger partial charge in [0.05, 0.1) is 13.2 Å². The smallest absolute Gasteiger partial charge is 0.126 e. The quantitative estimate of drug-likeness (QED) is 0.333. The highest BCUT2D eigenvalue weighted by atomic mass is 16.5. The summed E-state index contributed by atoms with van der Waals surface area (Å²) in [4.78, 5) is 2.60. The van der Waals surface area contributed by atoms with Gasteiger partial charge < -0.3 is 19.5 Å². The lowest BCUT2D eigenvalue weighted by molar-refractivity contribution is 0.247. The average Bonchev–Trinajstić information content (AvgIpc) is 3.42. The van der Waals surface area contributed by atoms with Crippen LogP contribution in [0.3, 0.4) is 0 Å². The Bertz CT molecular complexity index is 1060. The standard InChI is InChI=1S/C31H37NO3/c33-26-14-17-28-30(22-26)35-23-29(24-10-4-3-5-11-24)31(28)25-12-15-27(16-13-25)34-21-9-2-1-6-18-32-19-7-8-20-32/h3-5,10-17,22,29,31,33H,1-2,6-9,18-21,23H2/t29-,31-/m1/s1. The van der Waals surface area contributed by atoms with Crippen LogP contribution in [0.2, 0.25) is 0 Å². The lowest BCUT2D eigenvalue weighted by atomic mass is 9.76. The maximum atomic E-state index is 9.97. The van der Waals surface area contributed by atoms with E-state index in [4.69, 9.17) is 9.47 Å². The molecular formula is C31H37NO3. The average molecular weight is 472 g/mol. The van der Waals surface area contributed by atoms with Crippen LogP contribution in [0, 0.1) is 0 Å². The van der Waals surface area contributed by atoms with Gasteiger partial charge in [-0.1, -0.05) is 61.4 Å². The zero-order valence-corrected chi connectivity index (χ0v) is 20.6. The summed E-state index contributed by atoms with van der Waals surface area (Å²) in [6.45, 7) is 5.22. The Hall–Kier alpha value is -2.98. The molecule has 0 unspecified atom stereocenters. The molecule has 184 valence electrons. The molecule has 1 saturated heterocycles. The van der Waals surface area contributed by atoms with E-state index in [2.05, 4.69) is 53.4 Å². The van der Waals surface area contributed by atoms with Gasteiger partial charge in [0.1, 0.15) is 17.2 Å². The number of hydrogen-bond acceptors (Lipinski definition) is 4. The molecule has 0 amide bonds. The lowest BCUT2D eigenvalue weighted by Crippen LogP contribution is -2.25. The molecule has 2 aliphatic rings. The van der Waals surface area contributed by atoms with Gasteiger partial charge in [-0.25, -0.2) is 0 Å². The third-order valence-electron chi connectivity index (χ3n) is 7.46. The fourth-order valence-electron chi connectivity index (χ4n) is 5.56. The maximum absolute atomic E-state index is 9.97. The Kier molecular flexibility index (Phi) is 7.89. The first-order valence-electron chi connectivity index (χ1n) is 13.2. The van der Waals surface area contributed by atoms with Crippen LogP contribution in [-0.2, 0) is 0 Å². The highest BCUT2D eigenvalue weighted by molar-refractivity contribution is 5.50. The maximum Gasteiger partial charge on any atom is 0.126 e. The van der Waals surface area contributed by atoms with E-state index in [0.717, 1.165) is 30.1 Å². The van der Waals surface area contributed by atoms with Crippen molar-refractivity contribution in [1.29, 1.82) is 0 Å². The predicted octanol–water partition coefficient (Wildman–Crippen LogP) is 6.74. The molecule has 35 heavy (non-hydrogen) atoms. The topological polar surface area (TPSA) is 41.9 Å². The molecular weight excluding hydrogens is 434 g/mol. The Morgan fingerprint density at radius 1 is 0.829 bits per heavy atom. The number of hydrogen-bond donors (Lipinski definition) is 1. The van der Waals surface area contributed by atoms with E-state index in [1.165, 1.54) is 62.9 Å². The fourth-order valence-corrected chi connectivity index (χ4v) is 5.56. The Labute approximate surface area is 209 Å². The van der Waals surface area contributed by atoms with Crippen molar-refractivity contribution in [3.05, 3.63) is 89.5 Å². The zero-order valence-electron chi connectivity index (χ0n) is 20.6. The largest absolute Gasteiger partial charge is 0.508 e. The molecule has 5 rings (SSSR count). The number of nitrogens with zero attached hydrogens (tertiary/aromatic N) is 1. The molecule has 0 aliphatic carbocycles. The summed E-state index contributed by atoms with van der Waals surface area (Å²) < 4.78 is 12.1. The number of unbranched alkanes of at least 4 members (excludes halogenated alkanes) is 3. The highest BCUT2D eigenvalue weighted by Gasteiger charge is 2.33. The van der Waals surface area contributed by atoms with Gasteiger partial charge in [-0.3, -0.25) is 0 Å². The first-order valence-corrected chi connectivity index (χ1v) is 13.2. The number of fused-ring (bicyclic) bond motifs is 1. The van der Waals surface area contributed by atoms with E-state index >= 15 is 0 Å². The van der Waals surface area contributed by atoms with Crippen LogP contribution in [0.25, 0.3) is 0 Å². The second kappa shape index (κ2) is 11.6. The molecule has 3 aromatic carbocycles. The number of rotatable bonds is 10. The first-order chi connectivity index (χ1) is 17.3. The summed E-state index contributed by atoms with van der Waals surface area (Å²) in [6.07, 6.45) is 7.69. The van der Waals surface area contributed by atoms with Gasteiger partial charge in [0.2, 0.25) is 0 Å². The summed E-state index contributed by atoms with van der Waals surface area (Å²) in [7, 11) is 0. The molecule has 1 N–H and O–H groups in total. The number of aromatic hydroxyl groups is 1. The number of likely N-dealkylation sites (tertiary alicyclic amines) is 1. The van der Waals surface area contributed by atoms with E-state index in [9.17, 15) is 5.11 Å². The van der Waals surface area contributed by atoms with E-state index < -0.39 is 0 Å². The van der Waals surface area contributed by atoms with Gasteiger partial charge in [0.25, 0.3) is 0 Å². The van der Waals surface area contributed by atoms with E-state index in [1.54, 1.807) is 12.1 Å². The van der Waals surface area contributed by atoms with Gasteiger partial charge in [0.15, 0.2) is 0 Å². The summed E-state index contributed by atoms with van der Waals surface area (Å²) in [5.41, 5.74) is 3.62. The number of ether oxygens (including phenoxy) is 2. The van der Waals surface area contributed by atoms with Gasteiger partial charge >= 0.3 is 0 Å². The zero-order chi connectivity index (χ0) is 23.9. The van der Waals surface area contributed by atoms with Crippen LogP contribution in [0.5, 0.6) is 17.2 Å². The minimum absolute atomic E-state index is 0.159. The van der Waals surface area contributed by atoms with Crippen LogP contribution in [0.4, 0.5) is 0 Å². The number of phenols is 1. The van der Waals surface area contributed by atoms with Crippen molar-refractivity contribution >= 4 is 0 Å². The lowest BCUT2D eigenvalue weighted by Gasteiger charge is -2.34. The normalized spacial score (nSPS) is 19.8. The molecule has 0 bridgehead atoms. The van der Waals surface area contributed by atoms with Crippen LogP contribution in [-0.4, -0.2) is 42.9 Å². The Morgan fingerprint density at radius 3 is 2.40 bits per heavy atom. The van der Waals surface area contributed by atoms with Crippen molar-refractivity contribution in [3.63, 3.8) is 0 Å². The van der Waals surface area contributed by atoms with Gasteiger partial charge in [0, 0.05) is 23.5 Å². The fraction of sp³-hybridized carbons (Fsp3) is 0.419. The molecule has 2 atom stereocenters. The molecule has 1 fully saturated rings. The molecule has 2 heterocycles. The highest BCUT2D eigenvalue weighted by Crippen LogP contribution is 2.47. The minimum atomic E-state index is 0.159. The minimum Gasteiger partial charge on any atom is -0.508 e. The second-order valence-electron chi connectivity index (χ2n) is 9.91. The van der Waals surface area contributed by atoms with Crippen molar-refractivity contribution in [2.24, 2.45) is 0 Å². The van der Waals surface area contributed by atoms with Crippen LogP contribution in [0.1, 0.15) is 67.1 Å². The van der Waals surface area contributed by atoms with Crippen LogP contribution < -0.4 is 9.47 Å². The van der Waals surface area contributed by atoms with Crippen molar-refractivity contribution < 1.29 is 14.6 Å². The Morgan fingerprint density at radius 2 is 1.60 bits per heavy atom. The molecule has 0 aromatic heterocycles. The third-order valence-corrected chi connectivity index (χ3v) is 7.46. The molecule has 0 spiro atoms. The summed E-state index contributed by atoms with van der Waals surface area (Å²) in [6, 6.07) is 24.6. The summed E-state index contributed by atoms with van der Waals surface area (Å²) >= 11 is 0. The Balaban J connectivity index is 1.19. The molecule has 0 saturated carbocycles.